The summed E-state index contributed by atoms with van der Waals surface area (Å²) in [5.74, 6) is -5.28. The molecule has 50 heavy (non-hydrogen) atoms. The minimum Gasteiger partial charge on any atom is -0.482 e. The normalized spacial score (nSPS) is 11.1. The van der Waals surface area contributed by atoms with Crippen molar-refractivity contribution in [3.8, 4) is 11.5 Å². The van der Waals surface area contributed by atoms with Gasteiger partial charge < -0.3 is 49.3 Å². The Labute approximate surface area is 285 Å². The standard InChI is InChI=1S/C19H23NO10.C13H15NO6/c1-12(21)20-15(19(25)30-10-17(23)27-3)8-13-4-6-14(7-5-13)28-11-18(24)29-9-16(22)26-2;1-8(15)14-11(13(18)19)6-9-2-4-10(5-3-9)20-7-12(16)17/h4-7,15H,8-11H2,1-3H3,(H,20,21);2-5,11H,6-7H2,1H3,(H,14,15)(H,16,17)(H,18,19). The molecule has 2 rings (SSSR count). The predicted molar refractivity (Wildman–Crippen MR) is 168 cm³/mol. The van der Waals surface area contributed by atoms with Gasteiger partial charge in [-0.15, -0.1) is 0 Å². The van der Waals surface area contributed by atoms with Crippen molar-refractivity contribution in [2.24, 2.45) is 0 Å². The van der Waals surface area contributed by atoms with Gasteiger partial charge in [0.25, 0.3) is 0 Å². The van der Waals surface area contributed by atoms with Gasteiger partial charge in [0.15, 0.2) is 26.4 Å². The Balaban J connectivity index is 0.000000542. The number of carboxylic acids is 2. The Bertz CT molecular complexity index is 1470. The molecule has 0 saturated heterocycles. The molecular weight excluding hydrogens is 668 g/mol. The van der Waals surface area contributed by atoms with Crippen LogP contribution in [0.3, 0.4) is 0 Å². The summed E-state index contributed by atoms with van der Waals surface area (Å²) in [7, 11) is 2.33. The SMILES string of the molecule is CC(=O)NC(Cc1ccc(OCC(=O)O)cc1)C(=O)O.COC(=O)COC(=O)COc1ccc(CC(NC(C)=O)C(=O)OCC(=O)OC)cc1. The summed E-state index contributed by atoms with van der Waals surface area (Å²) >= 11 is 0. The summed E-state index contributed by atoms with van der Waals surface area (Å²) in [6.07, 6.45) is 0.231. The smallest absolute Gasteiger partial charge is 0.344 e. The van der Waals surface area contributed by atoms with E-state index in [1.54, 1.807) is 48.5 Å². The largest absolute Gasteiger partial charge is 0.482 e. The van der Waals surface area contributed by atoms with Crippen LogP contribution in [0, 0.1) is 0 Å². The zero-order valence-electron chi connectivity index (χ0n) is 27.6. The number of ether oxygens (including phenoxy) is 6. The van der Waals surface area contributed by atoms with Gasteiger partial charge in [-0.05, 0) is 35.4 Å². The number of benzene rings is 2. The van der Waals surface area contributed by atoms with Crippen molar-refractivity contribution in [1.82, 2.24) is 10.6 Å². The van der Waals surface area contributed by atoms with Gasteiger partial charge in [0.1, 0.15) is 23.6 Å². The molecule has 0 aliphatic rings. The lowest BCUT2D eigenvalue weighted by Crippen LogP contribution is -2.42. The average molecular weight is 707 g/mol. The number of amides is 2. The van der Waals surface area contributed by atoms with E-state index in [0.29, 0.717) is 22.6 Å². The van der Waals surface area contributed by atoms with Crippen LogP contribution in [0.2, 0.25) is 0 Å². The molecule has 0 bridgehead atoms. The minimum absolute atomic E-state index is 0.0983. The molecule has 0 fully saturated rings. The third-order valence-electron chi connectivity index (χ3n) is 5.92. The summed E-state index contributed by atoms with van der Waals surface area (Å²) in [6.45, 7) is 0.571. The Kier molecular flexibility index (Phi) is 18.7. The van der Waals surface area contributed by atoms with Crippen LogP contribution in [0.15, 0.2) is 48.5 Å². The number of esters is 4. The second-order valence-electron chi connectivity index (χ2n) is 9.93. The highest BCUT2D eigenvalue weighted by Crippen LogP contribution is 2.15. The van der Waals surface area contributed by atoms with Crippen molar-refractivity contribution in [3.05, 3.63) is 59.7 Å². The van der Waals surface area contributed by atoms with E-state index in [1.807, 2.05) is 0 Å². The summed E-state index contributed by atoms with van der Waals surface area (Å²) in [6, 6.07) is 10.7. The number of carbonyl (C=O) groups excluding carboxylic acids is 6. The quantitative estimate of drug-likeness (QED) is 0.116. The van der Waals surface area contributed by atoms with Crippen LogP contribution in [0.5, 0.6) is 11.5 Å². The Hall–Kier alpha value is -6.20. The number of rotatable bonds is 18. The first-order valence-corrected chi connectivity index (χ1v) is 14.5. The fourth-order valence-electron chi connectivity index (χ4n) is 3.62. The van der Waals surface area contributed by atoms with E-state index in [2.05, 4.69) is 24.8 Å². The third-order valence-corrected chi connectivity index (χ3v) is 5.92. The molecule has 0 aromatic heterocycles. The Morgan fingerprint density at radius 1 is 0.580 bits per heavy atom. The fourth-order valence-corrected chi connectivity index (χ4v) is 3.62. The predicted octanol–water partition coefficient (Wildman–Crippen LogP) is -0.173. The van der Waals surface area contributed by atoms with Crippen LogP contribution in [0.25, 0.3) is 0 Å². The van der Waals surface area contributed by atoms with Gasteiger partial charge in [-0.25, -0.2) is 28.8 Å². The molecule has 2 amide bonds. The van der Waals surface area contributed by atoms with Crippen LogP contribution in [-0.2, 0) is 70.1 Å². The number of hydrogen-bond donors (Lipinski definition) is 4. The highest BCUT2D eigenvalue weighted by molar-refractivity contribution is 5.85. The van der Waals surface area contributed by atoms with Crippen LogP contribution in [0.4, 0.5) is 0 Å². The van der Waals surface area contributed by atoms with Crippen molar-refractivity contribution < 1.29 is 77.0 Å². The van der Waals surface area contributed by atoms with Gasteiger partial charge in [-0.2, -0.15) is 0 Å². The molecule has 0 radical (unpaired) electrons. The van der Waals surface area contributed by atoms with Gasteiger partial charge >= 0.3 is 35.8 Å². The Morgan fingerprint density at radius 2 is 1.00 bits per heavy atom. The topological polar surface area (TPSA) is 256 Å². The molecule has 18 nitrogen and oxygen atoms in total. The number of hydrogen-bond acceptors (Lipinski definition) is 14. The maximum absolute atomic E-state index is 12.1. The number of carboxylic acid groups (broad SMARTS) is 2. The molecule has 272 valence electrons. The molecule has 0 saturated carbocycles. The molecule has 2 atom stereocenters. The summed E-state index contributed by atoms with van der Waals surface area (Å²) < 4.78 is 28.4. The molecule has 4 N–H and O–H groups in total. The van der Waals surface area contributed by atoms with E-state index in [9.17, 15) is 38.4 Å². The number of nitrogens with one attached hydrogen (secondary N) is 2. The van der Waals surface area contributed by atoms with Gasteiger partial charge in [0, 0.05) is 26.7 Å². The van der Waals surface area contributed by atoms with Crippen LogP contribution < -0.4 is 20.1 Å². The lowest BCUT2D eigenvalue weighted by atomic mass is 10.1. The van der Waals surface area contributed by atoms with Gasteiger partial charge in [-0.1, -0.05) is 24.3 Å². The zero-order valence-corrected chi connectivity index (χ0v) is 27.6. The summed E-state index contributed by atoms with van der Waals surface area (Å²) in [5, 5.41) is 22.2. The van der Waals surface area contributed by atoms with E-state index in [0.717, 1.165) is 7.11 Å². The second kappa shape index (κ2) is 22.4. The van der Waals surface area contributed by atoms with E-state index in [4.69, 9.17) is 24.4 Å². The van der Waals surface area contributed by atoms with Crippen LogP contribution >= 0.6 is 0 Å². The molecule has 0 spiro atoms. The van der Waals surface area contributed by atoms with Crippen molar-refractivity contribution in [3.63, 3.8) is 0 Å². The lowest BCUT2D eigenvalue weighted by Gasteiger charge is -2.16. The van der Waals surface area contributed by atoms with Crippen LogP contribution in [-0.4, -0.2) is 111 Å². The maximum Gasteiger partial charge on any atom is 0.344 e. The van der Waals surface area contributed by atoms with E-state index >= 15 is 0 Å². The highest BCUT2D eigenvalue weighted by Gasteiger charge is 2.23. The fraction of sp³-hybridized carbons (Fsp3) is 0.375. The highest BCUT2D eigenvalue weighted by atomic mass is 16.6. The molecule has 18 heteroatoms. The summed E-state index contributed by atoms with van der Waals surface area (Å²) in [4.78, 5) is 89.2. The molecule has 2 aromatic rings. The van der Waals surface area contributed by atoms with Gasteiger partial charge in [0.2, 0.25) is 11.8 Å². The van der Waals surface area contributed by atoms with Gasteiger partial charge in [-0.3, -0.25) is 9.59 Å². The lowest BCUT2D eigenvalue weighted by molar-refractivity contribution is -0.158. The van der Waals surface area contributed by atoms with Crippen molar-refractivity contribution in [2.45, 2.75) is 38.8 Å². The van der Waals surface area contributed by atoms with E-state index in [1.165, 1.54) is 21.0 Å². The minimum atomic E-state index is -1.12. The monoisotopic (exact) mass is 706 g/mol. The second-order valence-corrected chi connectivity index (χ2v) is 9.93. The zero-order chi connectivity index (χ0) is 37.6. The average Bonchev–Trinajstić information content (AvgIpc) is 3.07. The number of carbonyl (C=O) groups is 8. The first-order chi connectivity index (χ1) is 23.6. The van der Waals surface area contributed by atoms with E-state index < -0.39 is 86.1 Å². The van der Waals surface area contributed by atoms with Crippen LogP contribution in [0.1, 0.15) is 25.0 Å². The molecule has 0 aliphatic carbocycles. The van der Waals surface area contributed by atoms with Crippen molar-refractivity contribution in [1.29, 1.82) is 0 Å². The third kappa shape index (κ3) is 18.2. The first kappa shape index (κ1) is 41.8. The number of methoxy groups -OCH3 is 2. The molecule has 2 aromatic carbocycles. The molecular formula is C32H38N2O16. The van der Waals surface area contributed by atoms with Gasteiger partial charge in [0.05, 0.1) is 14.2 Å². The Morgan fingerprint density at radius 3 is 1.42 bits per heavy atom. The van der Waals surface area contributed by atoms with Crippen molar-refractivity contribution >= 4 is 47.6 Å². The first-order valence-electron chi connectivity index (χ1n) is 14.5. The molecule has 0 heterocycles. The summed E-state index contributed by atoms with van der Waals surface area (Å²) in [5.41, 5.74) is 1.35. The van der Waals surface area contributed by atoms with Crippen molar-refractivity contribution in [2.75, 3.05) is 40.6 Å². The maximum atomic E-state index is 12.1. The number of aliphatic carboxylic acids is 2. The molecule has 0 aliphatic heterocycles. The molecule has 2 unspecified atom stereocenters. The van der Waals surface area contributed by atoms with E-state index in [-0.39, 0.29) is 12.8 Å².